The first kappa shape index (κ1) is 11.6. The van der Waals surface area contributed by atoms with Crippen LogP contribution in [0.1, 0.15) is 0 Å². The predicted molar refractivity (Wildman–Crippen MR) is 53.8 cm³/mol. The smallest absolute Gasteiger partial charge is 0.409 e. The van der Waals surface area contributed by atoms with Crippen molar-refractivity contribution in [1.29, 1.82) is 0 Å². The van der Waals surface area contributed by atoms with Crippen molar-refractivity contribution in [1.82, 2.24) is 9.80 Å². The number of methoxy groups -OCH3 is 1. The molecule has 7 heteroatoms. The number of ether oxygens (including phenoxy) is 1. The molecule has 1 fully saturated rings. The standard InChI is InChI=1S/C8H16N4O3/c1-15-8(13)12-4-2-11(3-5-12)6-7(9)10-14/h14H,2-6H2,1H3,(H2,9,10). The third-order valence-electron chi connectivity index (χ3n) is 2.32. The molecule has 3 N–H and O–H groups in total. The van der Waals surface area contributed by atoms with Gasteiger partial charge in [-0.2, -0.15) is 0 Å². The minimum atomic E-state index is -0.307. The number of oxime groups is 1. The van der Waals surface area contributed by atoms with E-state index >= 15 is 0 Å². The van der Waals surface area contributed by atoms with E-state index in [0.717, 1.165) is 0 Å². The quantitative estimate of drug-likeness (QED) is 0.270. The van der Waals surface area contributed by atoms with Crippen LogP contribution >= 0.6 is 0 Å². The summed E-state index contributed by atoms with van der Waals surface area (Å²) in [7, 11) is 1.37. The third kappa shape index (κ3) is 3.28. The van der Waals surface area contributed by atoms with Gasteiger partial charge in [0.2, 0.25) is 0 Å². The molecular weight excluding hydrogens is 200 g/mol. The van der Waals surface area contributed by atoms with E-state index in [9.17, 15) is 4.79 Å². The molecule has 1 amide bonds. The Balaban J connectivity index is 2.33. The molecule has 0 aliphatic carbocycles. The maximum absolute atomic E-state index is 11.1. The zero-order valence-corrected chi connectivity index (χ0v) is 8.72. The Morgan fingerprint density at radius 2 is 2.07 bits per heavy atom. The largest absolute Gasteiger partial charge is 0.453 e. The molecule has 1 rings (SSSR count). The van der Waals surface area contributed by atoms with Gasteiger partial charge >= 0.3 is 6.09 Å². The lowest BCUT2D eigenvalue weighted by molar-refractivity contribution is 0.0953. The zero-order chi connectivity index (χ0) is 11.3. The second-order valence-corrected chi connectivity index (χ2v) is 3.32. The molecule has 0 bridgehead atoms. The van der Waals surface area contributed by atoms with Crippen LogP contribution in [0.3, 0.4) is 0 Å². The summed E-state index contributed by atoms with van der Waals surface area (Å²) >= 11 is 0. The molecule has 0 radical (unpaired) electrons. The summed E-state index contributed by atoms with van der Waals surface area (Å²) in [4.78, 5) is 14.8. The molecule has 1 saturated heterocycles. The first-order valence-electron chi connectivity index (χ1n) is 4.69. The molecule has 1 heterocycles. The highest BCUT2D eigenvalue weighted by Crippen LogP contribution is 2.02. The lowest BCUT2D eigenvalue weighted by atomic mass is 10.3. The van der Waals surface area contributed by atoms with Crippen LogP contribution in [0, 0.1) is 0 Å². The van der Waals surface area contributed by atoms with Crippen LogP contribution < -0.4 is 5.73 Å². The number of amides is 1. The van der Waals surface area contributed by atoms with Crippen LogP contribution in [0.5, 0.6) is 0 Å². The number of carbonyl (C=O) groups excluding carboxylic acids is 1. The van der Waals surface area contributed by atoms with E-state index in [-0.39, 0.29) is 11.9 Å². The van der Waals surface area contributed by atoms with Gasteiger partial charge in [-0.15, -0.1) is 0 Å². The predicted octanol–water partition coefficient (Wildman–Crippen LogP) is -0.883. The van der Waals surface area contributed by atoms with E-state index < -0.39 is 0 Å². The maximum Gasteiger partial charge on any atom is 0.409 e. The van der Waals surface area contributed by atoms with Crippen molar-refractivity contribution in [3.63, 3.8) is 0 Å². The summed E-state index contributed by atoms with van der Waals surface area (Å²) in [5.41, 5.74) is 5.38. The van der Waals surface area contributed by atoms with E-state index in [0.29, 0.717) is 32.7 Å². The fourth-order valence-corrected chi connectivity index (χ4v) is 1.48. The molecule has 0 aromatic rings. The van der Waals surface area contributed by atoms with Gasteiger partial charge in [0.15, 0.2) is 5.84 Å². The minimum absolute atomic E-state index is 0.182. The summed E-state index contributed by atoms with van der Waals surface area (Å²) in [5.74, 6) is 0.182. The average molecular weight is 216 g/mol. The molecule has 0 unspecified atom stereocenters. The van der Waals surface area contributed by atoms with Crippen LogP contribution in [0.2, 0.25) is 0 Å². The van der Waals surface area contributed by atoms with Crippen molar-refractivity contribution in [2.75, 3.05) is 39.8 Å². The van der Waals surface area contributed by atoms with Crippen molar-refractivity contribution < 1.29 is 14.7 Å². The van der Waals surface area contributed by atoms with E-state index in [1.54, 1.807) is 4.90 Å². The molecule has 0 saturated carbocycles. The molecule has 7 nitrogen and oxygen atoms in total. The Bertz CT molecular complexity index is 248. The summed E-state index contributed by atoms with van der Waals surface area (Å²) in [6.45, 7) is 3.03. The lowest BCUT2D eigenvalue weighted by Gasteiger charge is -2.33. The van der Waals surface area contributed by atoms with Gasteiger partial charge in [0, 0.05) is 26.2 Å². The topological polar surface area (TPSA) is 91.4 Å². The van der Waals surface area contributed by atoms with Gasteiger partial charge in [0.05, 0.1) is 13.7 Å². The molecule has 86 valence electrons. The van der Waals surface area contributed by atoms with Gasteiger partial charge < -0.3 is 20.6 Å². The number of rotatable bonds is 2. The maximum atomic E-state index is 11.1. The highest BCUT2D eigenvalue weighted by atomic mass is 16.5. The Kier molecular flexibility index (Phi) is 4.17. The van der Waals surface area contributed by atoms with Crippen molar-refractivity contribution in [2.45, 2.75) is 0 Å². The van der Waals surface area contributed by atoms with Crippen molar-refractivity contribution >= 4 is 11.9 Å². The van der Waals surface area contributed by atoms with Gasteiger partial charge in [0.1, 0.15) is 0 Å². The molecule has 1 aliphatic heterocycles. The minimum Gasteiger partial charge on any atom is -0.453 e. The SMILES string of the molecule is COC(=O)N1CCN(CC(N)=NO)CC1. The van der Waals surface area contributed by atoms with Crippen molar-refractivity contribution in [2.24, 2.45) is 10.9 Å². The fraction of sp³-hybridized carbons (Fsp3) is 0.750. The fourth-order valence-electron chi connectivity index (χ4n) is 1.48. The molecule has 1 aliphatic rings. The average Bonchev–Trinajstić information content (AvgIpc) is 2.29. The number of piperazine rings is 1. The molecular formula is C8H16N4O3. The van der Waals surface area contributed by atoms with E-state index in [4.69, 9.17) is 10.9 Å². The van der Waals surface area contributed by atoms with E-state index in [1.807, 2.05) is 4.90 Å². The van der Waals surface area contributed by atoms with Gasteiger partial charge in [-0.25, -0.2) is 4.79 Å². The summed E-state index contributed by atoms with van der Waals surface area (Å²) < 4.78 is 4.61. The summed E-state index contributed by atoms with van der Waals surface area (Å²) in [6.07, 6.45) is -0.307. The van der Waals surface area contributed by atoms with E-state index in [1.165, 1.54) is 7.11 Å². The second-order valence-electron chi connectivity index (χ2n) is 3.32. The van der Waals surface area contributed by atoms with Gasteiger partial charge in [0.25, 0.3) is 0 Å². The molecule has 0 atom stereocenters. The Labute approximate surface area is 88.1 Å². The summed E-state index contributed by atoms with van der Waals surface area (Å²) in [5, 5.41) is 11.3. The number of hydrogen-bond donors (Lipinski definition) is 2. The zero-order valence-electron chi connectivity index (χ0n) is 8.72. The van der Waals surface area contributed by atoms with Gasteiger partial charge in [-0.3, -0.25) is 4.90 Å². The normalized spacial score (nSPS) is 19.0. The van der Waals surface area contributed by atoms with Gasteiger partial charge in [-0.05, 0) is 0 Å². The lowest BCUT2D eigenvalue weighted by Crippen LogP contribution is -2.50. The Morgan fingerprint density at radius 3 is 2.53 bits per heavy atom. The monoisotopic (exact) mass is 216 g/mol. The van der Waals surface area contributed by atoms with Crippen LogP contribution in [0.4, 0.5) is 4.79 Å². The van der Waals surface area contributed by atoms with Crippen molar-refractivity contribution in [3.8, 4) is 0 Å². The Morgan fingerprint density at radius 1 is 1.47 bits per heavy atom. The van der Waals surface area contributed by atoms with Crippen LogP contribution in [0.15, 0.2) is 5.16 Å². The highest BCUT2D eigenvalue weighted by molar-refractivity contribution is 5.81. The van der Waals surface area contributed by atoms with Crippen LogP contribution in [0.25, 0.3) is 0 Å². The first-order valence-corrected chi connectivity index (χ1v) is 4.69. The van der Waals surface area contributed by atoms with E-state index in [2.05, 4.69) is 9.89 Å². The first-order chi connectivity index (χ1) is 7.17. The van der Waals surface area contributed by atoms with Gasteiger partial charge in [-0.1, -0.05) is 5.16 Å². The Hall–Kier alpha value is -1.50. The van der Waals surface area contributed by atoms with Crippen molar-refractivity contribution in [3.05, 3.63) is 0 Å². The molecule has 0 aromatic heterocycles. The number of hydrogen-bond acceptors (Lipinski definition) is 5. The van der Waals surface area contributed by atoms with Crippen LogP contribution in [-0.2, 0) is 4.74 Å². The summed E-state index contributed by atoms with van der Waals surface area (Å²) in [6, 6.07) is 0. The molecule has 0 aromatic carbocycles. The number of carbonyl (C=O) groups is 1. The molecule has 15 heavy (non-hydrogen) atoms. The number of nitrogens with two attached hydrogens (primary N) is 1. The number of amidine groups is 1. The third-order valence-corrected chi connectivity index (χ3v) is 2.32. The van der Waals surface area contributed by atoms with Crippen LogP contribution in [-0.4, -0.2) is 66.8 Å². The second kappa shape index (κ2) is 5.40. The molecule has 0 spiro atoms. The highest BCUT2D eigenvalue weighted by Gasteiger charge is 2.21. The number of nitrogens with zero attached hydrogens (tertiary/aromatic N) is 3.